The first-order chi connectivity index (χ1) is 16.4. The van der Waals surface area contributed by atoms with E-state index in [0.29, 0.717) is 16.7 Å². The molecule has 3 aliphatic rings. The molecule has 168 valence electrons. The van der Waals surface area contributed by atoms with Crippen LogP contribution in [0.1, 0.15) is 50.2 Å². The lowest BCUT2D eigenvalue weighted by atomic mass is 9.64. The number of Topliss-reactive ketones (excluding diaryl/α,β-unsaturated/α-hetero) is 3. The normalized spacial score (nSPS) is 23.7. The fourth-order valence-corrected chi connectivity index (χ4v) is 6.27. The lowest BCUT2D eigenvalue weighted by Crippen LogP contribution is -2.48. The molecular weight excluding hydrogens is 429 g/mol. The van der Waals surface area contributed by atoms with Crippen LogP contribution in [0.15, 0.2) is 72.8 Å². The number of anilines is 1. The Balaban J connectivity index is 1.69. The second-order valence-electron chi connectivity index (χ2n) is 9.43. The molecule has 4 nitrogen and oxygen atoms in total. The van der Waals surface area contributed by atoms with Gasteiger partial charge in [-0.2, -0.15) is 0 Å². The standard InChI is InChI=1S/C29H22FNO3/c1-16-7-8-18-11-14-24-29(27(33)21-5-3-4-6-22(21)28(29)34)25(19-9-12-20(30)13-10-19)26(17(2)32)31(24)23(18)15-16/h3-15,24-26H,1-2H3/t24-,25+,26-/m1/s1. The van der Waals surface area contributed by atoms with Crippen molar-refractivity contribution in [1.82, 2.24) is 0 Å². The summed E-state index contributed by atoms with van der Waals surface area (Å²) in [5, 5.41) is 0. The maximum absolute atomic E-state index is 14.2. The molecule has 0 unspecified atom stereocenters. The number of aryl methyl sites for hydroxylation is 1. The lowest BCUT2D eigenvalue weighted by Gasteiger charge is -2.37. The number of fused-ring (bicyclic) bond motifs is 5. The summed E-state index contributed by atoms with van der Waals surface area (Å²) in [6.07, 6.45) is 3.82. The van der Waals surface area contributed by atoms with Crippen molar-refractivity contribution in [3.8, 4) is 0 Å². The van der Waals surface area contributed by atoms with E-state index in [9.17, 15) is 18.8 Å². The zero-order chi connectivity index (χ0) is 23.8. The fraction of sp³-hybridized carbons (Fsp3) is 0.207. The highest BCUT2D eigenvalue weighted by Gasteiger charge is 2.71. The Morgan fingerprint density at radius 2 is 1.59 bits per heavy atom. The minimum Gasteiger partial charge on any atom is -0.352 e. The van der Waals surface area contributed by atoms with Crippen LogP contribution in [0.25, 0.3) is 6.08 Å². The van der Waals surface area contributed by atoms with Crippen LogP contribution in [0, 0.1) is 18.2 Å². The van der Waals surface area contributed by atoms with Crippen LogP contribution in [0.3, 0.4) is 0 Å². The molecule has 0 bridgehead atoms. The van der Waals surface area contributed by atoms with Crippen LogP contribution < -0.4 is 4.90 Å². The topological polar surface area (TPSA) is 54.5 Å². The molecule has 1 fully saturated rings. The predicted molar refractivity (Wildman–Crippen MR) is 128 cm³/mol. The Bertz CT molecular complexity index is 1390. The molecule has 5 heteroatoms. The van der Waals surface area contributed by atoms with Gasteiger partial charge in [-0.05, 0) is 48.7 Å². The van der Waals surface area contributed by atoms with Crippen molar-refractivity contribution < 1.29 is 18.8 Å². The first kappa shape index (κ1) is 20.7. The van der Waals surface area contributed by atoms with Gasteiger partial charge in [-0.1, -0.05) is 60.7 Å². The van der Waals surface area contributed by atoms with Gasteiger partial charge < -0.3 is 4.90 Å². The molecule has 2 aliphatic heterocycles. The molecule has 1 saturated heterocycles. The zero-order valence-corrected chi connectivity index (χ0v) is 18.8. The van der Waals surface area contributed by atoms with Gasteiger partial charge in [0.25, 0.3) is 0 Å². The number of hydrogen-bond donors (Lipinski definition) is 0. The number of hydrogen-bond acceptors (Lipinski definition) is 4. The van der Waals surface area contributed by atoms with E-state index < -0.39 is 29.2 Å². The number of halogens is 1. The van der Waals surface area contributed by atoms with Crippen LogP contribution in [0.4, 0.5) is 10.1 Å². The average molecular weight is 451 g/mol. The van der Waals surface area contributed by atoms with Gasteiger partial charge in [0, 0.05) is 22.7 Å². The maximum atomic E-state index is 14.2. The molecule has 2 heterocycles. The minimum absolute atomic E-state index is 0.143. The number of carbonyl (C=O) groups is 3. The third-order valence-electron chi connectivity index (χ3n) is 7.61. The van der Waals surface area contributed by atoms with E-state index in [1.165, 1.54) is 19.1 Å². The van der Waals surface area contributed by atoms with Gasteiger partial charge in [0.2, 0.25) is 0 Å². The van der Waals surface area contributed by atoms with Gasteiger partial charge >= 0.3 is 0 Å². The molecule has 0 N–H and O–H groups in total. The molecule has 0 radical (unpaired) electrons. The van der Waals surface area contributed by atoms with Crippen LogP contribution in [0.5, 0.6) is 0 Å². The highest BCUT2D eigenvalue weighted by Crippen LogP contribution is 2.60. The third kappa shape index (κ3) is 2.50. The molecule has 0 amide bonds. The second-order valence-corrected chi connectivity index (χ2v) is 9.43. The van der Waals surface area contributed by atoms with Crippen LogP contribution in [-0.2, 0) is 4.79 Å². The van der Waals surface area contributed by atoms with Crippen LogP contribution >= 0.6 is 0 Å². The minimum atomic E-state index is -1.52. The third-order valence-corrected chi connectivity index (χ3v) is 7.61. The average Bonchev–Trinajstić information content (AvgIpc) is 3.27. The highest BCUT2D eigenvalue weighted by atomic mass is 19.1. The number of rotatable bonds is 2. The van der Waals surface area contributed by atoms with E-state index in [0.717, 1.165) is 16.8 Å². The Morgan fingerprint density at radius 3 is 2.21 bits per heavy atom. The van der Waals surface area contributed by atoms with Crippen molar-refractivity contribution in [3.63, 3.8) is 0 Å². The van der Waals surface area contributed by atoms with Crippen LogP contribution in [-0.4, -0.2) is 29.4 Å². The van der Waals surface area contributed by atoms with Crippen LogP contribution in [0.2, 0.25) is 0 Å². The number of benzene rings is 3. The SMILES string of the molecule is CC(=O)[C@@H]1[C@H](c2ccc(F)cc2)C2(C(=O)c3ccccc3C2=O)[C@H]2C=Cc3ccc(C)cc3N12. The number of carbonyl (C=O) groups excluding carboxylic acids is 3. The maximum Gasteiger partial charge on any atom is 0.180 e. The van der Waals surface area contributed by atoms with Gasteiger partial charge in [0.1, 0.15) is 11.2 Å². The van der Waals surface area contributed by atoms with Crippen molar-refractivity contribution in [3.05, 3.63) is 106 Å². The summed E-state index contributed by atoms with van der Waals surface area (Å²) >= 11 is 0. The summed E-state index contributed by atoms with van der Waals surface area (Å²) in [5.74, 6) is -1.88. The molecule has 3 aromatic rings. The molecule has 0 aromatic heterocycles. The summed E-state index contributed by atoms with van der Waals surface area (Å²) in [7, 11) is 0. The van der Waals surface area contributed by atoms with Gasteiger partial charge in [-0.3, -0.25) is 14.4 Å². The van der Waals surface area contributed by atoms with Gasteiger partial charge in [0.05, 0.1) is 12.1 Å². The van der Waals surface area contributed by atoms with Crippen molar-refractivity contribution in [1.29, 1.82) is 0 Å². The smallest absolute Gasteiger partial charge is 0.180 e. The molecule has 0 saturated carbocycles. The first-order valence-electron chi connectivity index (χ1n) is 11.4. The molecule has 1 aliphatic carbocycles. The highest BCUT2D eigenvalue weighted by molar-refractivity contribution is 6.32. The molecule has 3 atom stereocenters. The lowest BCUT2D eigenvalue weighted by molar-refractivity contribution is -0.118. The van der Waals surface area contributed by atoms with Crippen molar-refractivity contribution in [2.45, 2.75) is 31.8 Å². The van der Waals surface area contributed by atoms with Gasteiger partial charge in [-0.15, -0.1) is 0 Å². The van der Waals surface area contributed by atoms with E-state index >= 15 is 0 Å². The second kappa shape index (κ2) is 7.07. The van der Waals surface area contributed by atoms with Gasteiger partial charge in [-0.25, -0.2) is 4.39 Å². The first-order valence-corrected chi connectivity index (χ1v) is 11.4. The summed E-state index contributed by atoms with van der Waals surface area (Å²) in [6.45, 7) is 3.48. The zero-order valence-electron chi connectivity index (χ0n) is 18.8. The Kier molecular flexibility index (Phi) is 4.31. The molecule has 1 spiro atoms. The Morgan fingerprint density at radius 1 is 0.941 bits per heavy atom. The summed E-state index contributed by atoms with van der Waals surface area (Å²) in [4.78, 5) is 43.7. The van der Waals surface area contributed by atoms with Crippen molar-refractivity contribution in [2.24, 2.45) is 5.41 Å². The summed E-state index contributed by atoms with van der Waals surface area (Å²) in [6, 6.07) is 17.3. The summed E-state index contributed by atoms with van der Waals surface area (Å²) in [5.41, 5.74) is 2.62. The fourth-order valence-electron chi connectivity index (χ4n) is 6.27. The predicted octanol–water partition coefficient (Wildman–Crippen LogP) is 5.16. The van der Waals surface area contributed by atoms with Crippen molar-refractivity contribution >= 4 is 29.1 Å². The largest absolute Gasteiger partial charge is 0.352 e. The van der Waals surface area contributed by atoms with E-state index in [2.05, 4.69) is 0 Å². The quantitative estimate of drug-likeness (QED) is 0.506. The number of ketones is 3. The van der Waals surface area contributed by atoms with E-state index in [-0.39, 0.29) is 17.3 Å². The van der Waals surface area contributed by atoms with Crippen molar-refractivity contribution in [2.75, 3.05) is 4.90 Å². The molecule has 3 aromatic carbocycles. The Hall–Kier alpha value is -3.86. The molecule has 34 heavy (non-hydrogen) atoms. The van der Waals surface area contributed by atoms with E-state index in [1.807, 2.05) is 42.2 Å². The van der Waals surface area contributed by atoms with E-state index in [1.54, 1.807) is 36.4 Å². The summed E-state index contributed by atoms with van der Waals surface area (Å²) < 4.78 is 13.9. The Labute approximate surface area is 196 Å². The number of nitrogens with zero attached hydrogens (tertiary/aromatic N) is 1. The monoisotopic (exact) mass is 451 g/mol. The van der Waals surface area contributed by atoms with E-state index in [4.69, 9.17) is 0 Å². The molecular formula is C29H22FNO3. The van der Waals surface area contributed by atoms with Gasteiger partial charge in [0.15, 0.2) is 17.3 Å². The molecule has 6 rings (SSSR count).